The van der Waals surface area contributed by atoms with Gasteiger partial charge in [-0.15, -0.1) is 0 Å². The summed E-state index contributed by atoms with van der Waals surface area (Å²) in [5.41, 5.74) is 2.01. The molecule has 0 spiro atoms. The molecule has 4 heteroatoms. The minimum atomic E-state index is 0.255. The van der Waals surface area contributed by atoms with Crippen LogP contribution in [0.2, 0.25) is 0 Å². The highest BCUT2D eigenvalue weighted by molar-refractivity contribution is 5.77. The minimum absolute atomic E-state index is 0.255. The Morgan fingerprint density at radius 2 is 1.94 bits per heavy atom. The number of allylic oxidation sites excluding steroid dienone is 2. The number of benzene rings is 1. The molecule has 16 heavy (non-hydrogen) atoms. The molecule has 0 aromatic heterocycles. The Labute approximate surface area is 94.4 Å². The average molecular weight is 218 g/mol. The van der Waals surface area contributed by atoms with E-state index in [4.69, 9.17) is 0 Å². The average Bonchev–Trinajstić information content (AvgIpc) is 2.34. The van der Waals surface area contributed by atoms with Crippen molar-refractivity contribution in [2.45, 2.75) is 13.5 Å². The van der Waals surface area contributed by atoms with Crippen LogP contribution in [-0.4, -0.2) is 12.7 Å². The van der Waals surface area contributed by atoms with Crippen LogP contribution in [0.5, 0.6) is 0 Å². The summed E-state index contributed by atoms with van der Waals surface area (Å²) < 4.78 is 0. The van der Waals surface area contributed by atoms with Crippen molar-refractivity contribution in [2.24, 2.45) is 0 Å². The van der Waals surface area contributed by atoms with Gasteiger partial charge in [0, 0.05) is 12.2 Å². The molecule has 0 radical (unpaired) electrons. The van der Waals surface area contributed by atoms with E-state index in [0.29, 0.717) is 24.9 Å². The molecule has 0 aliphatic heterocycles. The molecule has 0 aliphatic rings. The molecule has 0 saturated carbocycles. The molecule has 4 nitrogen and oxygen atoms in total. The van der Waals surface area contributed by atoms with Crippen LogP contribution in [0, 0.1) is 0 Å². The van der Waals surface area contributed by atoms with Crippen LogP contribution < -0.4 is 10.6 Å². The second-order valence-electron chi connectivity index (χ2n) is 3.26. The first-order valence-electron chi connectivity index (χ1n) is 4.92. The number of aldehydes is 1. The van der Waals surface area contributed by atoms with Gasteiger partial charge in [-0.1, -0.05) is 30.3 Å². The quantitative estimate of drug-likeness (QED) is 0.552. The van der Waals surface area contributed by atoms with Crippen LogP contribution in [0.4, 0.5) is 0 Å². The maximum Gasteiger partial charge on any atom is 0.211 e. The summed E-state index contributed by atoms with van der Waals surface area (Å²) in [5, 5.41) is 5.40. The zero-order valence-electron chi connectivity index (χ0n) is 9.07. The molecule has 0 unspecified atom stereocenters. The Morgan fingerprint density at radius 1 is 1.25 bits per heavy atom. The van der Waals surface area contributed by atoms with E-state index in [-0.39, 0.29) is 5.70 Å². The van der Waals surface area contributed by atoms with Gasteiger partial charge >= 0.3 is 0 Å². The molecule has 0 fully saturated rings. The molecule has 2 N–H and O–H groups in total. The normalized spacial score (nSPS) is 11.3. The van der Waals surface area contributed by atoms with Crippen LogP contribution in [0.1, 0.15) is 12.5 Å². The fourth-order valence-electron chi connectivity index (χ4n) is 1.22. The predicted octanol–water partition coefficient (Wildman–Crippen LogP) is 0.953. The lowest BCUT2D eigenvalue weighted by Gasteiger charge is -2.09. The second kappa shape index (κ2) is 6.40. The number of carbonyl (C=O) groups excluding carboxylic acids is 2. The topological polar surface area (TPSA) is 58.2 Å². The molecule has 0 bridgehead atoms. The summed E-state index contributed by atoms with van der Waals surface area (Å²) in [6, 6.07) is 9.79. The highest BCUT2D eigenvalue weighted by Crippen LogP contribution is 2.00. The molecular weight excluding hydrogens is 204 g/mol. The largest absolute Gasteiger partial charge is 0.383 e. The first kappa shape index (κ1) is 12.0. The highest BCUT2D eigenvalue weighted by atomic mass is 16.1. The maximum absolute atomic E-state index is 10.6. The molecule has 1 amide bonds. The van der Waals surface area contributed by atoms with Crippen molar-refractivity contribution in [3.8, 4) is 0 Å². The van der Waals surface area contributed by atoms with Crippen LogP contribution in [0.25, 0.3) is 0 Å². The van der Waals surface area contributed by atoms with Crippen LogP contribution >= 0.6 is 0 Å². The summed E-state index contributed by atoms with van der Waals surface area (Å²) >= 11 is 0. The van der Waals surface area contributed by atoms with Crippen molar-refractivity contribution in [1.29, 1.82) is 0 Å². The Hall–Kier alpha value is -2.10. The van der Waals surface area contributed by atoms with E-state index in [0.717, 1.165) is 5.56 Å². The first-order valence-corrected chi connectivity index (χ1v) is 4.92. The number of amides is 1. The van der Waals surface area contributed by atoms with E-state index in [9.17, 15) is 9.59 Å². The van der Waals surface area contributed by atoms with E-state index in [1.165, 1.54) is 0 Å². The Morgan fingerprint density at radius 3 is 2.50 bits per heavy atom. The summed E-state index contributed by atoms with van der Waals surface area (Å²) in [5.74, 6) is 0. The fourth-order valence-corrected chi connectivity index (χ4v) is 1.22. The maximum atomic E-state index is 10.6. The molecule has 0 atom stereocenters. The van der Waals surface area contributed by atoms with Crippen molar-refractivity contribution in [3.05, 3.63) is 47.3 Å². The molecule has 84 valence electrons. The van der Waals surface area contributed by atoms with E-state index >= 15 is 0 Å². The lowest BCUT2D eigenvalue weighted by atomic mass is 10.2. The molecular formula is C12H14N2O2. The van der Waals surface area contributed by atoms with Gasteiger partial charge in [-0.25, -0.2) is 0 Å². The van der Waals surface area contributed by atoms with Crippen LogP contribution in [0.3, 0.4) is 0 Å². The first-order chi connectivity index (χ1) is 7.77. The van der Waals surface area contributed by atoms with Crippen molar-refractivity contribution in [1.82, 2.24) is 10.6 Å². The number of hydrogen-bond donors (Lipinski definition) is 2. The number of nitrogens with one attached hydrogen (secondary N) is 2. The summed E-state index contributed by atoms with van der Waals surface area (Å²) in [4.78, 5) is 20.8. The van der Waals surface area contributed by atoms with Gasteiger partial charge in [0.2, 0.25) is 6.41 Å². The number of rotatable bonds is 6. The van der Waals surface area contributed by atoms with Gasteiger partial charge in [0.1, 0.15) is 0 Å². The lowest BCUT2D eigenvalue weighted by molar-refractivity contribution is -0.111. The third-order valence-corrected chi connectivity index (χ3v) is 2.14. The Balaban J connectivity index is 2.60. The molecule has 0 heterocycles. The van der Waals surface area contributed by atoms with Crippen LogP contribution in [-0.2, 0) is 16.1 Å². The highest BCUT2D eigenvalue weighted by Gasteiger charge is 1.99. The standard InChI is InChI=1S/C12H14N2O2/c1-10(12(8-15)14-9-16)13-7-11-5-3-2-4-6-11/h2-6,8-9,13H,7H2,1H3,(H,14,16)/b12-10-. The third kappa shape index (κ3) is 3.57. The molecule has 1 aromatic rings. The van der Waals surface area contributed by atoms with Crippen molar-refractivity contribution in [2.75, 3.05) is 0 Å². The van der Waals surface area contributed by atoms with E-state index in [2.05, 4.69) is 10.6 Å². The minimum Gasteiger partial charge on any atom is -0.383 e. The van der Waals surface area contributed by atoms with Gasteiger partial charge in [0.25, 0.3) is 0 Å². The van der Waals surface area contributed by atoms with E-state index in [1.807, 2.05) is 30.3 Å². The molecule has 1 aromatic carbocycles. The fraction of sp³-hybridized carbons (Fsp3) is 0.167. The second-order valence-corrected chi connectivity index (χ2v) is 3.26. The van der Waals surface area contributed by atoms with Crippen molar-refractivity contribution in [3.63, 3.8) is 0 Å². The Bertz CT molecular complexity index is 385. The van der Waals surface area contributed by atoms with Gasteiger partial charge in [0.05, 0.1) is 5.70 Å². The number of hydrogen-bond acceptors (Lipinski definition) is 3. The third-order valence-electron chi connectivity index (χ3n) is 2.14. The smallest absolute Gasteiger partial charge is 0.211 e. The molecule has 1 rings (SSSR count). The predicted molar refractivity (Wildman–Crippen MR) is 61.2 cm³/mol. The van der Waals surface area contributed by atoms with E-state index in [1.54, 1.807) is 6.92 Å². The lowest BCUT2D eigenvalue weighted by Crippen LogP contribution is -2.20. The molecule has 0 saturated heterocycles. The van der Waals surface area contributed by atoms with Gasteiger partial charge in [-0.2, -0.15) is 0 Å². The van der Waals surface area contributed by atoms with Crippen LogP contribution in [0.15, 0.2) is 41.7 Å². The monoisotopic (exact) mass is 218 g/mol. The summed E-state index contributed by atoms with van der Waals surface area (Å²) in [6.07, 6.45) is 1.10. The van der Waals surface area contributed by atoms with Gasteiger partial charge in [0.15, 0.2) is 6.29 Å². The zero-order valence-corrected chi connectivity index (χ0v) is 9.07. The summed E-state index contributed by atoms with van der Waals surface area (Å²) in [6.45, 7) is 2.35. The van der Waals surface area contributed by atoms with Crippen molar-refractivity contribution >= 4 is 12.7 Å². The summed E-state index contributed by atoms with van der Waals surface area (Å²) in [7, 11) is 0. The zero-order chi connectivity index (χ0) is 11.8. The van der Waals surface area contributed by atoms with Crippen molar-refractivity contribution < 1.29 is 9.59 Å². The van der Waals surface area contributed by atoms with Gasteiger partial charge in [-0.05, 0) is 12.5 Å². The Kier molecular flexibility index (Phi) is 4.79. The molecule has 0 aliphatic carbocycles. The SMILES string of the molecule is C/C(NCc1ccccc1)=C(\C=O)NC=O. The van der Waals surface area contributed by atoms with Gasteiger partial charge in [-0.3, -0.25) is 9.59 Å². The number of carbonyl (C=O) groups is 2. The van der Waals surface area contributed by atoms with Gasteiger partial charge < -0.3 is 10.6 Å². The van der Waals surface area contributed by atoms with E-state index < -0.39 is 0 Å².